The normalized spacial score (nSPS) is 6.76. The molecule has 0 atom stereocenters. The molecule has 0 N–H and O–H groups in total. The molecule has 0 spiro atoms. The van der Waals surface area contributed by atoms with Gasteiger partial charge in [-0.05, 0) is 6.92 Å². The fraction of sp³-hybridized carbons (Fsp3) is 0.538. The van der Waals surface area contributed by atoms with Crippen LogP contribution >= 0.6 is 59.9 Å². The Morgan fingerprint density at radius 1 is 0.706 bits per heavy atom. The molecule has 0 bridgehead atoms. The molecule has 0 saturated heterocycles. The van der Waals surface area contributed by atoms with Gasteiger partial charge in [0, 0.05) is 0 Å². The Morgan fingerprint density at radius 2 is 0.941 bits per heavy atom. The second kappa shape index (κ2) is 30.8. The zero-order chi connectivity index (χ0) is 14.7. The van der Waals surface area contributed by atoms with E-state index >= 15 is 0 Å². The Labute approximate surface area is 147 Å². The topological polar surface area (TPSA) is 0 Å². The summed E-state index contributed by atoms with van der Waals surface area (Å²) in [6.45, 7) is 14.1. The predicted octanol–water partition coefficient (Wildman–Crippen LogP) is 7.73. The van der Waals surface area contributed by atoms with E-state index in [2.05, 4.69) is 79.0 Å². The standard InChI is InChI=1S/C7H8.3C2H6.3HI.V/c1-7-5-3-2-4-6-7;3*1-2;;;;/h2-6H,1H3;3*1-2H3;3*1H;/q;;;;;;;+3/p-3. The Hall–Kier alpha value is 1.99. The molecule has 0 aliphatic rings. The van der Waals surface area contributed by atoms with Crippen molar-refractivity contribution < 1.29 is 4.92 Å². The zero-order valence-electron chi connectivity index (χ0n) is 12.0. The summed E-state index contributed by atoms with van der Waals surface area (Å²) in [6, 6.07) is 10.3. The maximum absolute atomic E-state index is 2.46. The summed E-state index contributed by atoms with van der Waals surface area (Å²) in [7, 11) is 0. The van der Waals surface area contributed by atoms with Crippen LogP contribution in [0.3, 0.4) is 0 Å². The van der Waals surface area contributed by atoms with Gasteiger partial charge in [0.05, 0.1) is 0 Å². The fourth-order valence-corrected chi connectivity index (χ4v) is 0.534. The first-order valence-corrected chi connectivity index (χ1v) is 19.4. The van der Waals surface area contributed by atoms with Crippen LogP contribution in [0.2, 0.25) is 0 Å². The van der Waals surface area contributed by atoms with Crippen LogP contribution in [0.1, 0.15) is 47.1 Å². The molecule has 1 aromatic carbocycles. The van der Waals surface area contributed by atoms with Gasteiger partial charge < -0.3 is 0 Å². The van der Waals surface area contributed by atoms with E-state index in [1.807, 2.05) is 59.7 Å². The third-order valence-electron chi connectivity index (χ3n) is 0.940. The molecule has 0 aromatic heterocycles. The number of hydrogen-bond acceptors (Lipinski definition) is 0. The van der Waals surface area contributed by atoms with Gasteiger partial charge in [-0.2, -0.15) is 0 Å². The summed E-state index contributed by atoms with van der Waals surface area (Å²) in [6.07, 6.45) is 0. The number of halogens is 3. The van der Waals surface area contributed by atoms with Crippen molar-refractivity contribution in [2.24, 2.45) is 0 Å². The van der Waals surface area contributed by atoms with Crippen LogP contribution < -0.4 is 0 Å². The van der Waals surface area contributed by atoms with Crippen LogP contribution in [-0.2, 0) is 4.92 Å². The first-order valence-electron chi connectivity index (χ1n) is 5.92. The molecule has 0 radical (unpaired) electrons. The van der Waals surface area contributed by atoms with Gasteiger partial charge in [0.2, 0.25) is 0 Å². The molecule has 0 heterocycles. The second-order valence-corrected chi connectivity index (χ2v) is 37.2. The van der Waals surface area contributed by atoms with Gasteiger partial charge in [-0.15, -0.1) is 0 Å². The molecular weight excluding hydrogens is 588 g/mol. The van der Waals surface area contributed by atoms with Crippen LogP contribution in [0.15, 0.2) is 30.3 Å². The molecule has 0 nitrogen and oxygen atoms in total. The quantitative estimate of drug-likeness (QED) is 0.263. The van der Waals surface area contributed by atoms with Gasteiger partial charge in [-0.25, -0.2) is 0 Å². The Kier molecular flexibility index (Phi) is 49.5. The first kappa shape index (κ1) is 27.4. The molecule has 104 valence electrons. The van der Waals surface area contributed by atoms with Crippen LogP contribution in [0, 0.1) is 6.92 Å². The molecule has 0 aliphatic carbocycles. The summed E-state index contributed by atoms with van der Waals surface area (Å²) in [5.41, 5.74) is 1.32. The monoisotopic (exact) mass is 614 g/mol. The Balaban J connectivity index is -0.0000000735. The van der Waals surface area contributed by atoms with E-state index in [1.165, 1.54) is 5.56 Å². The van der Waals surface area contributed by atoms with Crippen molar-refractivity contribution in [2.75, 3.05) is 0 Å². The summed E-state index contributed by atoms with van der Waals surface area (Å²) in [4.78, 5) is -0.278. The number of hydrogen-bond donors (Lipinski definition) is 0. The van der Waals surface area contributed by atoms with Gasteiger partial charge >= 0.3 is 64.9 Å². The van der Waals surface area contributed by atoms with Crippen molar-refractivity contribution in [1.29, 1.82) is 0 Å². The van der Waals surface area contributed by atoms with E-state index in [0.29, 0.717) is 0 Å². The van der Waals surface area contributed by atoms with Gasteiger partial charge in [0.1, 0.15) is 0 Å². The molecule has 1 aromatic rings. The van der Waals surface area contributed by atoms with Crippen molar-refractivity contribution in [3.05, 3.63) is 35.9 Å². The van der Waals surface area contributed by atoms with Crippen molar-refractivity contribution in [1.82, 2.24) is 0 Å². The minimum absolute atomic E-state index is 0.278. The molecule has 1 rings (SSSR count). The third kappa shape index (κ3) is 46.1. The van der Waals surface area contributed by atoms with E-state index in [4.69, 9.17) is 0 Å². The van der Waals surface area contributed by atoms with E-state index in [-0.39, 0.29) is 4.92 Å². The second-order valence-electron chi connectivity index (χ2n) is 1.85. The van der Waals surface area contributed by atoms with E-state index in [0.717, 1.165) is 0 Å². The minimum atomic E-state index is -0.278. The molecular formula is C13H26I3V. The predicted molar refractivity (Wildman–Crippen MR) is 107 cm³/mol. The SMILES string of the molecule is CC.CC.CC.Cc1ccccc1.[I][V]([I])[I]. The number of aryl methyl sites for hydroxylation is 1. The third-order valence-corrected chi connectivity index (χ3v) is 0.940. The van der Waals surface area contributed by atoms with Crippen molar-refractivity contribution >= 4 is 59.9 Å². The molecule has 0 unspecified atom stereocenters. The number of rotatable bonds is 0. The van der Waals surface area contributed by atoms with Gasteiger partial charge in [-0.1, -0.05) is 77.4 Å². The summed E-state index contributed by atoms with van der Waals surface area (Å²) < 4.78 is 0. The van der Waals surface area contributed by atoms with Crippen LogP contribution in [0.5, 0.6) is 0 Å². The van der Waals surface area contributed by atoms with Crippen molar-refractivity contribution in [2.45, 2.75) is 48.5 Å². The zero-order valence-corrected chi connectivity index (χ0v) is 19.8. The molecule has 0 saturated carbocycles. The number of benzene rings is 1. The van der Waals surface area contributed by atoms with Crippen molar-refractivity contribution in [3.63, 3.8) is 0 Å². The fourth-order valence-electron chi connectivity index (χ4n) is 0.534. The van der Waals surface area contributed by atoms with Crippen molar-refractivity contribution in [3.8, 4) is 0 Å². The maximum atomic E-state index is 2.46. The average molecular weight is 614 g/mol. The molecule has 17 heavy (non-hydrogen) atoms. The molecule has 0 amide bonds. The first-order chi connectivity index (χ1) is 8.13. The Morgan fingerprint density at radius 3 is 1.06 bits per heavy atom. The van der Waals surface area contributed by atoms with Crippen LogP contribution in [0.25, 0.3) is 0 Å². The van der Waals surface area contributed by atoms with Gasteiger partial charge in [-0.3, -0.25) is 0 Å². The molecule has 0 aliphatic heterocycles. The van der Waals surface area contributed by atoms with Crippen LogP contribution in [-0.4, -0.2) is 0 Å². The van der Waals surface area contributed by atoms with Crippen LogP contribution in [0.4, 0.5) is 0 Å². The summed E-state index contributed by atoms with van der Waals surface area (Å²) in [5.74, 6) is 0. The Bertz CT molecular complexity index is 177. The molecule has 4 heteroatoms. The van der Waals surface area contributed by atoms with E-state index < -0.39 is 0 Å². The summed E-state index contributed by atoms with van der Waals surface area (Å²) >= 11 is 7.39. The van der Waals surface area contributed by atoms with E-state index in [1.54, 1.807) is 0 Å². The average Bonchev–Trinajstić information content (AvgIpc) is 2.37. The van der Waals surface area contributed by atoms with Gasteiger partial charge in [0.15, 0.2) is 0 Å². The van der Waals surface area contributed by atoms with E-state index in [9.17, 15) is 0 Å². The summed E-state index contributed by atoms with van der Waals surface area (Å²) in [5, 5.41) is 0. The molecule has 0 fully saturated rings. The van der Waals surface area contributed by atoms with Gasteiger partial charge in [0.25, 0.3) is 0 Å².